The van der Waals surface area contributed by atoms with E-state index < -0.39 is 8.07 Å². The maximum absolute atomic E-state index is 11.7. The molecule has 1 aliphatic heterocycles. The summed E-state index contributed by atoms with van der Waals surface area (Å²) in [6, 6.07) is 0. The first-order chi connectivity index (χ1) is 7.23. The number of ether oxygens (including phenoxy) is 1. The van der Waals surface area contributed by atoms with Crippen LogP contribution in [0.4, 0.5) is 0 Å². The van der Waals surface area contributed by atoms with E-state index in [1.54, 1.807) is 0 Å². The lowest BCUT2D eigenvalue weighted by Gasteiger charge is -2.27. The lowest BCUT2D eigenvalue weighted by Crippen LogP contribution is -2.31. The molecule has 1 fully saturated rings. The minimum Gasteiger partial charge on any atom is -0.457 e. The average molecular weight is 236 g/mol. The van der Waals surface area contributed by atoms with Crippen LogP contribution in [0.5, 0.6) is 0 Å². The lowest BCUT2D eigenvalue weighted by atomic mass is 9.77. The molecule has 0 bridgehead atoms. The molecule has 2 rings (SSSR count). The van der Waals surface area contributed by atoms with E-state index in [1.807, 2.05) is 13.8 Å². The van der Waals surface area contributed by atoms with Crippen LogP contribution in [0.2, 0.25) is 19.6 Å². The molecule has 1 aliphatic carbocycles. The van der Waals surface area contributed by atoms with Crippen LogP contribution in [0, 0.1) is 11.3 Å². The summed E-state index contributed by atoms with van der Waals surface area (Å²) in [5.74, 6) is 0.139. The molecule has 0 aromatic carbocycles. The third kappa shape index (κ3) is 1.67. The van der Waals surface area contributed by atoms with Crippen molar-refractivity contribution in [2.24, 2.45) is 11.3 Å². The summed E-state index contributed by atoms with van der Waals surface area (Å²) in [6.45, 7) is 10.9. The number of esters is 1. The summed E-state index contributed by atoms with van der Waals surface area (Å²) < 4.78 is 5.46. The van der Waals surface area contributed by atoms with Crippen molar-refractivity contribution in [2.75, 3.05) is 0 Å². The van der Waals surface area contributed by atoms with Crippen molar-refractivity contribution < 1.29 is 9.53 Å². The third-order valence-corrected chi connectivity index (χ3v) is 5.71. The molecule has 0 aromatic heterocycles. The zero-order chi connectivity index (χ0) is 12.1. The highest BCUT2D eigenvalue weighted by molar-refractivity contribution is 6.83. The van der Waals surface area contributed by atoms with Crippen LogP contribution in [0.25, 0.3) is 0 Å². The van der Waals surface area contributed by atoms with Crippen LogP contribution in [0.15, 0.2) is 23.4 Å². The number of hydrogen-bond acceptors (Lipinski definition) is 2. The number of hydrogen-bond donors (Lipinski definition) is 0. The van der Waals surface area contributed by atoms with Crippen molar-refractivity contribution in [1.82, 2.24) is 0 Å². The first-order valence-corrected chi connectivity index (χ1v) is 9.34. The molecule has 0 radical (unpaired) electrons. The number of carbonyl (C=O) groups is 1. The van der Waals surface area contributed by atoms with Gasteiger partial charge in [0.15, 0.2) is 0 Å². The number of rotatable bonds is 1. The predicted octanol–water partition coefficient (Wildman–Crippen LogP) is 2.93. The van der Waals surface area contributed by atoms with E-state index in [-0.39, 0.29) is 23.4 Å². The lowest BCUT2D eigenvalue weighted by molar-refractivity contribution is -0.146. The number of allylic oxidation sites excluding steroid dienone is 2. The normalized spacial score (nSPS) is 32.1. The quantitative estimate of drug-likeness (QED) is 0.517. The number of fused-ring (bicyclic) bond motifs is 1. The summed E-state index contributed by atoms with van der Waals surface area (Å²) in [5, 5.41) is 1.39. The van der Waals surface area contributed by atoms with Gasteiger partial charge in [-0.3, -0.25) is 4.79 Å². The first kappa shape index (κ1) is 11.6. The Bertz CT molecular complexity index is 385. The molecule has 0 saturated carbocycles. The van der Waals surface area contributed by atoms with Crippen LogP contribution >= 0.6 is 0 Å². The second kappa shape index (κ2) is 3.33. The standard InChI is InChI=1S/C13H20O2Si/c1-13(2)10-7-6-9(16(3,4)5)8-11(10)15-12(13)14/h6-8,10-11H,1-5H3/t10-,11+/m1/s1. The van der Waals surface area contributed by atoms with Crippen molar-refractivity contribution in [3.05, 3.63) is 23.4 Å². The Balaban J connectivity index is 2.32. The highest BCUT2D eigenvalue weighted by Gasteiger charge is 2.50. The molecule has 2 aliphatic rings. The van der Waals surface area contributed by atoms with E-state index in [0.29, 0.717) is 0 Å². The van der Waals surface area contributed by atoms with E-state index >= 15 is 0 Å². The van der Waals surface area contributed by atoms with Crippen molar-refractivity contribution in [2.45, 2.75) is 39.6 Å². The molecule has 0 unspecified atom stereocenters. The van der Waals surface area contributed by atoms with Gasteiger partial charge in [-0.2, -0.15) is 0 Å². The molecule has 0 spiro atoms. The van der Waals surface area contributed by atoms with Gasteiger partial charge in [-0.05, 0) is 19.9 Å². The zero-order valence-electron chi connectivity index (χ0n) is 10.7. The fraction of sp³-hybridized carbons (Fsp3) is 0.615. The van der Waals surface area contributed by atoms with Crippen LogP contribution in [0.1, 0.15) is 13.8 Å². The SMILES string of the molecule is CC1(C)C(=O)O[C@H]2C=C([Si](C)(C)C)C=C[C@H]21. The van der Waals surface area contributed by atoms with E-state index in [2.05, 4.69) is 37.9 Å². The van der Waals surface area contributed by atoms with Gasteiger partial charge >= 0.3 is 5.97 Å². The van der Waals surface area contributed by atoms with Crippen molar-refractivity contribution in [1.29, 1.82) is 0 Å². The van der Waals surface area contributed by atoms with Gasteiger partial charge in [0.1, 0.15) is 6.10 Å². The van der Waals surface area contributed by atoms with Crippen LogP contribution in [0.3, 0.4) is 0 Å². The monoisotopic (exact) mass is 236 g/mol. The molecule has 0 amide bonds. The Hall–Kier alpha value is -0.833. The van der Waals surface area contributed by atoms with Gasteiger partial charge in [0.05, 0.1) is 13.5 Å². The molecule has 2 nitrogen and oxygen atoms in total. The Kier molecular flexibility index (Phi) is 2.42. The second-order valence-corrected chi connectivity index (χ2v) is 11.4. The van der Waals surface area contributed by atoms with Crippen molar-refractivity contribution >= 4 is 14.0 Å². The van der Waals surface area contributed by atoms with Crippen molar-refractivity contribution in [3.63, 3.8) is 0 Å². The second-order valence-electron chi connectivity index (χ2n) is 6.35. The molecular weight excluding hydrogens is 216 g/mol. The minimum atomic E-state index is -1.30. The van der Waals surface area contributed by atoms with Crippen LogP contribution < -0.4 is 0 Å². The van der Waals surface area contributed by atoms with Gasteiger partial charge in [0.2, 0.25) is 0 Å². The predicted molar refractivity (Wildman–Crippen MR) is 67.7 cm³/mol. The molecule has 0 N–H and O–H groups in total. The van der Waals surface area contributed by atoms with Crippen molar-refractivity contribution in [3.8, 4) is 0 Å². The van der Waals surface area contributed by atoms with Gasteiger partial charge in [0.25, 0.3) is 0 Å². The molecular formula is C13H20O2Si. The van der Waals surface area contributed by atoms with Crippen LogP contribution in [-0.2, 0) is 9.53 Å². The fourth-order valence-corrected chi connectivity index (χ4v) is 3.58. The Labute approximate surface area is 98.4 Å². The minimum absolute atomic E-state index is 0.0331. The van der Waals surface area contributed by atoms with E-state index in [4.69, 9.17) is 4.74 Å². The Morgan fingerprint density at radius 3 is 2.50 bits per heavy atom. The topological polar surface area (TPSA) is 26.3 Å². The Morgan fingerprint density at radius 1 is 1.31 bits per heavy atom. The first-order valence-electron chi connectivity index (χ1n) is 5.84. The highest BCUT2D eigenvalue weighted by atomic mass is 28.3. The van der Waals surface area contributed by atoms with E-state index in [1.165, 1.54) is 5.20 Å². The largest absolute Gasteiger partial charge is 0.457 e. The molecule has 0 aromatic rings. The zero-order valence-corrected chi connectivity index (χ0v) is 11.7. The fourth-order valence-electron chi connectivity index (χ4n) is 2.32. The molecule has 16 heavy (non-hydrogen) atoms. The van der Waals surface area contributed by atoms with E-state index in [9.17, 15) is 4.79 Å². The summed E-state index contributed by atoms with van der Waals surface area (Å²) in [6.07, 6.45) is 6.51. The molecule has 88 valence electrons. The molecule has 1 saturated heterocycles. The van der Waals surface area contributed by atoms with Gasteiger partial charge in [0, 0.05) is 5.92 Å². The summed E-state index contributed by atoms with van der Waals surface area (Å²) in [4.78, 5) is 11.7. The maximum atomic E-state index is 11.7. The highest BCUT2D eigenvalue weighted by Crippen LogP contribution is 2.43. The van der Waals surface area contributed by atoms with Gasteiger partial charge < -0.3 is 4.74 Å². The number of carbonyl (C=O) groups excluding carboxylic acids is 1. The van der Waals surface area contributed by atoms with Gasteiger partial charge in [-0.1, -0.05) is 37.0 Å². The smallest absolute Gasteiger partial charge is 0.312 e. The maximum Gasteiger partial charge on any atom is 0.312 e. The third-order valence-electron chi connectivity index (χ3n) is 3.65. The summed E-state index contributed by atoms with van der Waals surface area (Å²) >= 11 is 0. The van der Waals surface area contributed by atoms with Gasteiger partial charge in [-0.25, -0.2) is 0 Å². The van der Waals surface area contributed by atoms with Crippen LogP contribution in [-0.4, -0.2) is 20.1 Å². The average Bonchev–Trinajstić information content (AvgIpc) is 2.36. The van der Waals surface area contributed by atoms with E-state index in [0.717, 1.165) is 0 Å². The molecule has 3 heteroatoms. The molecule has 2 atom stereocenters. The molecule has 1 heterocycles. The van der Waals surface area contributed by atoms with Gasteiger partial charge in [-0.15, -0.1) is 0 Å². The Morgan fingerprint density at radius 2 is 1.94 bits per heavy atom. The summed E-state index contributed by atoms with van der Waals surface area (Å²) in [7, 11) is -1.30. The summed E-state index contributed by atoms with van der Waals surface area (Å²) in [5.41, 5.74) is -0.372.